The number of benzene rings is 1. The number of nitrogens with zero attached hydrogens (tertiary/aromatic N) is 3. The molecule has 29 heavy (non-hydrogen) atoms. The number of carbonyl (C=O) groups excluding carboxylic acids is 1. The van der Waals surface area contributed by atoms with Gasteiger partial charge in [-0.05, 0) is 23.8 Å². The van der Waals surface area contributed by atoms with E-state index in [0.717, 1.165) is 27.6 Å². The van der Waals surface area contributed by atoms with E-state index in [1.54, 1.807) is 56.8 Å². The van der Waals surface area contributed by atoms with Crippen LogP contribution in [0.4, 0.5) is 0 Å². The number of amides is 1. The highest BCUT2D eigenvalue weighted by molar-refractivity contribution is 6.39. The van der Waals surface area contributed by atoms with Crippen molar-refractivity contribution in [3.63, 3.8) is 0 Å². The number of ether oxygens (including phenoxy) is 1. The minimum Gasteiger partial charge on any atom is -0.496 e. The third-order valence-electron chi connectivity index (χ3n) is 4.76. The van der Waals surface area contributed by atoms with Gasteiger partial charge >= 0.3 is 0 Å². The summed E-state index contributed by atoms with van der Waals surface area (Å²) in [6, 6.07) is 9.17. The molecule has 146 valence electrons. The maximum atomic E-state index is 12.3. The Labute approximate surface area is 173 Å². The van der Waals surface area contributed by atoms with Crippen molar-refractivity contribution in [1.29, 1.82) is 0 Å². The molecule has 0 unspecified atom stereocenters. The molecule has 0 atom stereocenters. The number of rotatable bonds is 4. The third kappa shape index (κ3) is 3.32. The van der Waals surface area contributed by atoms with Crippen LogP contribution < -0.4 is 4.74 Å². The molecule has 0 saturated heterocycles. The van der Waals surface area contributed by atoms with Crippen LogP contribution >= 0.6 is 11.6 Å². The van der Waals surface area contributed by atoms with E-state index in [9.17, 15) is 4.79 Å². The first-order valence-corrected chi connectivity index (χ1v) is 9.35. The van der Waals surface area contributed by atoms with Crippen molar-refractivity contribution in [2.75, 3.05) is 21.2 Å². The summed E-state index contributed by atoms with van der Waals surface area (Å²) < 4.78 is 5.48. The van der Waals surface area contributed by atoms with Crippen molar-refractivity contribution in [3.05, 3.63) is 65.7 Å². The number of halogens is 1. The van der Waals surface area contributed by atoms with E-state index in [0.29, 0.717) is 22.0 Å². The molecule has 0 aliphatic heterocycles. The Morgan fingerprint density at radius 2 is 1.97 bits per heavy atom. The Balaban J connectivity index is 1.90. The van der Waals surface area contributed by atoms with Crippen LogP contribution in [0.5, 0.6) is 5.75 Å². The topological polar surface area (TPSA) is 71.1 Å². The molecule has 1 amide bonds. The minimum atomic E-state index is -0.0700. The van der Waals surface area contributed by atoms with Crippen LogP contribution in [0.25, 0.3) is 33.3 Å². The van der Waals surface area contributed by atoms with Crippen LogP contribution in [-0.2, 0) is 0 Å². The fourth-order valence-corrected chi connectivity index (χ4v) is 3.66. The van der Waals surface area contributed by atoms with Crippen molar-refractivity contribution in [2.45, 2.75) is 0 Å². The Bertz CT molecular complexity index is 1220. The van der Waals surface area contributed by atoms with E-state index >= 15 is 0 Å². The molecule has 1 N–H and O–H groups in total. The number of hydrogen-bond acceptors (Lipinski definition) is 4. The van der Waals surface area contributed by atoms with Gasteiger partial charge in [0.15, 0.2) is 0 Å². The van der Waals surface area contributed by atoms with Gasteiger partial charge in [-0.1, -0.05) is 23.7 Å². The predicted octanol–water partition coefficient (Wildman–Crippen LogP) is 4.66. The molecule has 6 nitrogen and oxygen atoms in total. The highest BCUT2D eigenvalue weighted by Crippen LogP contribution is 2.41. The molecule has 4 rings (SSSR count). The molecule has 3 heterocycles. The highest BCUT2D eigenvalue weighted by atomic mass is 35.5. The third-order valence-corrected chi connectivity index (χ3v) is 5.15. The van der Waals surface area contributed by atoms with Gasteiger partial charge < -0.3 is 14.6 Å². The van der Waals surface area contributed by atoms with Gasteiger partial charge in [0.1, 0.15) is 11.4 Å². The number of carbonyl (C=O) groups is 1. The zero-order valence-corrected chi connectivity index (χ0v) is 17.0. The number of hydrogen-bond donors (Lipinski definition) is 1. The zero-order valence-electron chi connectivity index (χ0n) is 16.2. The van der Waals surface area contributed by atoms with E-state index < -0.39 is 0 Å². The summed E-state index contributed by atoms with van der Waals surface area (Å²) in [6.07, 6.45) is 6.97. The molecule has 0 aliphatic rings. The first-order valence-electron chi connectivity index (χ1n) is 8.97. The van der Waals surface area contributed by atoms with Crippen LogP contribution in [0.1, 0.15) is 10.4 Å². The molecule has 1 aromatic carbocycles. The second kappa shape index (κ2) is 7.56. The summed E-state index contributed by atoms with van der Waals surface area (Å²) in [6.45, 7) is 0. The van der Waals surface area contributed by atoms with Gasteiger partial charge in [-0.15, -0.1) is 0 Å². The predicted molar refractivity (Wildman–Crippen MR) is 114 cm³/mol. The van der Waals surface area contributed by atoms with Gasteiger partial charge in [0.05, 0.1) is 12.1 Å². The number of aromatic nitrogens is 3. The van der Waals surface area contributed by atoms with Crippen molar-refractivity contribution < 1.29 is 9.53 Å². The summed E-state index contributed by atoms with van der Waals surface area (Å²) in [4.78, 5) is 25.8. The zero-order chi connectivity index (χ0) is 20.5. The lowest BCUT2D eigenvalue weighted by atomic mass is 10.0. The van der Waals surface area contributed by atoms with Crippen LogP contribution in [0.15, 0.2) is 55.1 Å². The summed E-state index contributed by atoms with van der Waals surface area (Å²) in [5, 5.41) is 1.33. The van der Waals surface area contributed by atoms with Crippen molar-refractivity contribution in [2.24, 2.45) is 0 Å². The maximum absolute atomic E-state index is 12.3. The first kappa shape index (κ1) is 19.0. The van der Waals surface area contributed by atoms with Crippen molar-refractivity contribution >= 4 is 28.5 Å². The molecule has 0 spiro atoms. The van der Waals surface area contributed by atoms with Gasteiger partial charge in [-0.25, -0.2) is 4.98 Å². The molecule has 0 bridgehead atoms. The highest BCUT2D eigenvalue weighted by Gasteiger charge is 2.18. The number of aromatic amines is 1. The minimum absolute atomic E-state index is 0.0700. The second-order valence-corrected chi connectivity index (χ2v) is 7.15. The molecule has 7 heteroatoms. The molecule has 3 aromatic heterocycles. The second-order valence-electron chi connectivity index (χ2n) is 6.77. The van der Waals surface area contributed by atoms with E-state index in [-0.39, 0.29) is 5.91 Å². The van der Waals surface area contributed by atoms with Gasteiger partial charge in [-0.3, -0.25) is 9.78 Å². The van der Waals surface area contributed by atoms with Gasteiger partial charge in [0, 0.05) is 66.5 Å². The van der Waals surface area contributed by atoms with Crippen molar-refractivity contribution in [1.82, 2.24) is 19.9 Å². The Morgan fingerprint density at radius 3 is 2.72 bits per heavy atom. The number of fused-ring (bicyclic) bond motifs is 1. The van der Waals surface area contributed by atoms with E-state index in [1.807, 2.05) is 24.4 Å². The summed E-state index contributed by atoms with van der Waals surface area (Å²) >= 11 is 6.85. The average Bonchev–Trinajstić information content (AvgIpc) is 3.18. The molecular weight excluding hydrogens is 388 g/mol. The van der Waals surface area contributed by atoms with Gasteiger partial charge in [-0.2, -0.15) is 0 Å². The quantitative estimate of drug-likeness (QED) is 0.535. The lowest BCUT2D eigenvalue weighted by Gasteiger charge is -2.12. The molecule has 4 aromatic rings. The molecule has 0 aliphatic carbocycles. The number of nitrogens with one attached hydrogen (secondary N) is 1. The fourth-order valence-electron chi connectivity index (χ4n) is 3.31. The summed E-state index contributed by atoms with van der Waals surface area (Å²) in [5.41, 5.74) is 4.49. The van der Waals surface area contributed by atoms with Crippen LogP contribution in [0, 0.1) is 0 Å². The van der Waals surface area contributed by atoms with E-state index in [4.69, 9.17) is 16.3 Å². The fraction of sp³-hybridized carbons (Fsp3) is 0.136. The largest absolute Gasteiger partial charge is 0.496 e. The summed E-state index contributed by atoms with van der Waals surface area (Å²) in [7, 11) is 5.07. The number of pyridine rings is 2. The maximum Gasteiger partial charge on any atom is 0.253 e. The standard InChI is InChI=1S/C22H19ClN4O2/c1-27(2)22(28)14-6-4-5-13(9-14)15-11-25-21-19(20(15)23)17(12-26-21)16-10-24-8-7-18(16)29-3/h4-12H,1-3H3,(H,25,26). The SMILES string of the molecule is COc1ccncc1-c1c[nH]c2ncc(-c3cccc(C(=O)N(C)C)c3)c(Cl)c12. The summed E-state index contributed by atoms with van der Waals surface area (Å²) in [5.74, 6) is 0.625. The first-order chi connectivity index (χ1) is 14.0. The van der Waals surface area contributed by atoms with Crippen LogP contribution in [0.3, 0.4) is 0 Å². The molecule has 0 fully saturated rings. The molecule has 0 radical (unpaired) electrons. The van der Waals surface area contributed by atoms with Crippen LogP contribution in [-0.4, -0.2) is 47.0 Å². The van der Waals surface area contributed by atoms with Crippen LogP contribution in [0.2, 0.25) is 5.02 Å². The lowest BCUT2D eigenvalue weighted by Crippen LogP contribution is -2.21. The number of H-pyrrole nitrogens is 1. The average molecular weight is 407 g/mol. The lowest BCUT2D eigenvalue weighted by molar-refractivity contribution is 0.0827. The monoisotopic (exact) mass is 406 g/mol. The molecule has 0 saturated carbocycles. The number of methoxy groups -OCH3 is 1. The smallest absolute Gasteiger partial charge is 0.253 e. The normalized spacial score (nSPS) is 10.9. The van der Waals surface area contributed by atoms with Gasteiger partial charge in [0.25, 0.3) is 5.91 Å². The van der Waals surface area contributed by atoms with Gasteiger partial charge in [0.2, 0.25) is 0 Å². The Kier molecular flexibility index (Phi) is 4.94. The Hall–Kier alpha value is -3.38. The van der Waals surface area contributed by atoms with E-state index in [2.05, 4.69) is 15.0 Å². The van der Waals surface area contributed by atoms with Crippen molar-refractivity contribution in [3.8, 4) is 28.0 Å². The Morgan fingerprint density at radius 1 is 1.14 bits per heavy atom. The van der Waals surface area contributed by atoms with E-state index in [1.165, 1.54) is 0 Å². The molecular formula is C22H19ClN4O2.